The Bertz CT molecular complexity index is 1060. The molecule has 0 unspecified atom stereocenters. The number of nitrogens with two attached hydrogens (primary N) is 1. The van der Waals surface area contributed by atoms with Gasteiger partial charge >= 0.3 is 0 Å². The Morgan fingerprint density at radius 1 is 1.23 bits per heavy atom. The predicted octanol–water partition coefficient (Wildman–Crippen LogP) is 2.39. The molecular formula is C18H18N8O3S. The molecule has 11 nitrogen and oxygen atoms in total. The lowest BCUT2D eigenvalue weighted by Crippen LogP contribution is -2.16. The molecule has 12 heteroatoms. The lowest BCUT2D eigenvalue weighted by atomic mass is 10.2. The average molecular weight is 426 g/mol. The molecule has 2 aromatic carbocycles. The zero-order chi connectivity index (χ0) is 21.5. The number of amides is 1. The van der Waals surface area contributed by atoms with Crippen LogP contribution in [0.15, 0.2) is 58.8 Å². The molecule has 0 radical (unpaired) electrons. The normalized spacial score (nSPS) is 10.8. The highest BCUT2D eigenvalue weighted by atomic mass is 32.2. The first kappa shape index (κ1) is 20.8. The molecule has 3 aromatic rings. The summed E-state index contributed by atoms with van der Waals surface area (Å²) in [4.78, 5) is 22.2. The van der Waals surface area contributed by atoms with Gasteiger partial charge in [0.15, 0.2) is 0 Å². The number of non-ortho nitro benzene ring substituents is 1. The number of rotatable bonds is 8. The maximum atomic E-state index is 12.1. The minimum Gasteiger partial charge on any atom is -0.334 e. The van der Waals surface area contributed by atoms with E-state index in [4.69, 9.17) is 5.84 Å². The molecule has 4 N–H and O–H groups in total. The second-order valence-electron chi connectivity index (χ2n) is 6.10. The molecule has 0 atom stereocenters. The van der Waals surface area contributed by atoms with Gasteiger partial charge in [-0.25, -0.2) is 10.1 Å². The summed E-state index contributed by atoms with van der Waals surface area (Å²) in [7, 11) is 0. The summed E-state index contributed by atoms with van der Waals surface area (Å²) in [6.07, 6.45) is 1.46. The first-order valence-electron chi connectivity index (χ1n) is 8.66. The molecule has 1 heterocycles. The van der Waals surface area contributed by atoms with E-state index >= 15 is 0 Å². The standard InChI is InChI=1S/C18H18N8O3S/c1-12-2-6-14(7-3-12)21-16(27)11-30-18-24-23-17(25(18)19)22-20-10-13-4-8-15(9-5-13)26(28)29/h2-10H,11,19H2,1H3,(H,21,27)(H,22,23)/b20-10+. The van der Waals surface area contributed by atoms with Gasteiger partial charge in [-0.1, -0.05) is 29.5 Å². The Morgan fingerprint density at radius 2 is 1.93 bits per heavy atom. The molecule has 0 aliphatic carbocycles. The molecule has 1 amide bonds. The topological polar surface area (TPSA) is 153 Å². The van der Waals surface area contributed by atoms with Crippen LogP contribution < -0.4 is 16.6 Å². The summed E-state index contributed by atoms with van der Waals surface area (Å²) >= 11 is 1.13. The third-order valence-electron chi connectivity index (χ3n) is 3.81. The third kappa shape index (κ3) is 5.54. The molecular weight excluding hydrogens is 408 g/mol. The molecule has 0 fully saturated rings. The Labute approximate surface area is 175 Å². The van der Waals surface area contributed by atoms with Gasteiger partial charge in [0.2, 0.25) is 11.1 Å². The van der Waals surface area contributed by atoms with Crippen LogP contribution in [0.3, 0.4) is 0 Å². The molecule has 1 aromatic heterocycles. The van der Waals surface area contributed by atoms with Gasteiger partial charge in [-0.15, -0.1) is 10.2 Å². The van der Waals surface area contributed by atoms with E-state index in [0.29, 0.717) is 16.4 Å². The number of hydrogen-bond donors (Lipinski definition) is 3. The molecule has 0 aliphatic rings. The molecule has 0 saturated carbocycles. The number of nitrogens with zero attached hydrogens (tertiary/aromatic N) is 5. The number of thioether (sulfide) groups is 1. The summed E-state index contributed by atoms with van der Waals surface area (Å²) in [5.41, 5.74) is 5.10. The number of nitrogen functional groups attached to an aromatic ring is 1. The van der Waals surface area contributed by atoms with Gasteiger partial charge in [-0.3, -0.25) is 14.9 Å². The second-order valence-corrected chi connectivity index (χ2v) is 7.04. The Morgan fingerprint density at radius 3 is 2.60 bits per heavy atom. The second kappa shape index (κ2) is 9.52. The van der Waals surface area contributed by atoms with Crippen LogP contribution in [-0.4, -0.2) is 37.7 Å². The summed E-state index contributed by atoms with van der Waals surface area (Å²) in [6, 6.07) is 13.4. The van der Waals surface area contributed by atoms with Crippen molar-refractivity contribution in [2.75, 3.05) is 22.3 Å². The number of nitro groups is 1. The van der Waals surface area contributed by atoms with Crippen molar-refractivity contribution in [2.45, 2.75) is 12.1 Å². The minimum absolute atomic E-state index is 0.00473. The van der Waals surface area contributed by atoms with Gasteiger partial charge in [0.25, 0.3) is 11.6 Å². The maximum Gasteiger partial charge on any atom is 0.269 e. The smallest absolute Gasteiger partial charge is 0.269 e. The Hall–Kier alpha value is -3.93. The van der Waals surface area contributed by atoms with Crippen molar-refractivity contribution in [1.82, 2.24) is 14.9 Å². The van der Waals surface area contributed by atoms with E-state index in [-0.39, 0.29) is 23.3 Å². The lowest BCUT2D eigenvalue weighted by Gasteiger charge is -2.05. The van der Waals surface area contributed by atoms with Crippen LogP contribution in [-0.2, 0) is 4.79 Å². The van der Waals surface area contributed by atoms with Gasteiger partial charge in [-0.2, -0.15) is 5.10 Å². The van der Waals surface area contributed by atoms with Crippen molar-refractivity contribution in [1.29, 1.82) is 0 Å². The average Bonchev–Trinajstić information content (AvgIpc) is 3.08. The van der Waals surface area contributed by atoms with E-state index in [2.05, 4.69) is 26.0 Å². The molecule has 0 aliphatic heterocycles. The molecule has 30 heavy (non-hydrogen) atoms. The monoisotopic (exact) mass is 426 g/mol. The highest BCUT2D eigenvalue weighted by molar-refractivity contribution is 7.99. The van der Waals surface area contributed by atoms with Crippen molar-refractivity contribution < 1.29 is 9.72 Å². The summed E-state index contributed by atoms with van der Waals surface area (Å²) in [6.45, 7) is 1.97. The van der Waals surface area contributed by atoms with Gasteiger partial charge < -0.3 is 11.2 Å². The summed E-state index contributed by atoms with van der Waals surface area (Å²) < 4.78 is 1.18. The van der Waals surface area contributed by atoms with Gasteiger partial charge in [-0.05, 0) is 36.8 Å². The minimum atomic E-state index is -0.476. The van der Waals surface area contributed by atoms with Crippen molar-refractivity contribution in [2.24, 2.45) is 5.10 Å². The number of nitrogens with one attached hydrogen (secondary N) is 2. The molecule has 154 valence electrons. The van der Waals surface area contributed by atoms with E-state index in [1.54, 1.807) is 12.1 Å². The van der Waals surface area contributed by atoms with E-state index in [0.717, 1.165) is 17.3 Å². The molecule has 0 spiro atoms. The largest absolute Gasteiger partial charge is 0.334 e. The number of carbonyl (C=O) groups excluding carboxylic acids is 1. The van der Waals surface area contributed by atoms with Gasteiger partial charge in [0.1, 0.15) is 0 Å². The van der Waals surface area contributed by atoms with Crippen LogP contribution in [0.4, 0.5) is 17.3 Å². The van der Waals surface area contributed by atoms with Crippen LogP contribution in [0.25, 0.3) is 0 Å². The molecule has 0 bridgehead atoms. The number of benzene rings is 2. The summed E-state index contributed by atoms with van der Waals surface area (Å²) in [5.74, 6) is 6.00. The third-order valence-corrected chi connectivity index (χ3v) is 4.76. The Kier molecular flexibility index (Phi) is 6.60. The van der Waals surface area contributed by atoms with Crippen LogP contribution in [0.1, 0.15) is 11.1 Å². The highest BCUT2D eigenvalue weighted by Crippen LogP contribution is 2.17. The molecule has 0 saturated heterocycles. The number of hydrogen-bond acceptors (Lipinski definition) is 9. The fourth-order valence-corrected chi connectivity index (χ4v) is 2.92. The lowest BCUT2D eigenvalue weighted by molar-refractivity contribution is -0.384. The van der Waals surface area contributed by atoms with Crippen LogP contribution in [0, 0.1) is 17.0 Å². The van der Waals surface area contributed by atoms with Crippen molar-refractivity contribution >= 4 is 41.2 Å². The zero-order valence-electron chi connectivity index (χ0n) is 15.8. The van der Waals surface area contributed by atoms with Gasteiger partial charge in [0.05, 0.1) is 16.9 Å². The SMILES string of the molecule is Cc1ccc(NC(=O)CSc2nnc(N/N=C/c3ccc([N+](=O)[O-])cc3)n2N)cc1. The van der Waals surface area contributed by atoms with Gasteiger partial charge in [0, 0.05) is 17.8 Å². The first-order valence-corrected chi connectivity index (χ1v) is 9.64. The highest BCUT2D eigenvalue weighted by Gasteiger charge is 2.12. The fourth-order valence-electron chi connectivity index (χ4n) is 2.26. The van der Waals surface area contributed by atoms with E-state index in [1.807, 2.05) is 31.2 Å². The van der Waals surface area contributed by atoms with Crippen molar-refractivity contribution in [3.8, 4) is 0 Å². The Balaban J connectivity index is 1.51. The number of anilines is 2. The number of carbonyl (C=O) groups is 1. The van der Waals surface area contributed by atoms with Crippen LogP contribution in [0.2, 0.25) is 0 Å². The van der Waals surface area contributed by atoms with Crippen molar-refractivity contribution in [3.05, 3.63) is 69.8 Å². The number of nitro benzene ring substituents is 1. The number of aryl methyl sites for hydroxylation is 1. The van der Waals surface area contributed by atoms with E-state index in [1.165, 1.54) is 23.0 Å². The fraction of sp³-hybridized carbons (Fsp3) is 0.111. The van der Waals surface area contributed by atoms with Crippen LogP contribution in [0.5, 0.6) is 0 Å². The maximum absolute atomic E-state index is 12.1. The summed E-state index contributed by atoms with van der Waals surface area (Å²) in [5, 5.41) is 25.6. The predicted molar refractivity (Wildman–Crippen MR) is 115 cm³/mol. The van der Waals surface area contributed by atoms with Crippen LogP contribution >= 0.6 is 11.8 Å². The quantitative estimate of drug-likeness (QED) is 0.163. The number of hydrazone groups is 1. The first-order chi connectivity index (χ1) is 14.4. The number of aromatic nitrogens is 3. The van der Waals surface area contributed by atoms with Crippen molar-refractivity contribution in [3.63, 3.8) is 0 Å². The van der Waals surface area contributed by atoms with E-state index < -0.39 is 4.92 Å². The zero-order valence-corrected chi connectivity index (χ0v) is 16.7. The van der Waals surface area contributed by atoms with E-state index in [9.17, 15) is 14.9 Å². The molecule has 3 rings (SSSR count).